The van der Waals surface area contributed by atoms with Gasteiger partial charge in [-0.3, -0.25) is 9.36 Å². The number of rotatable bonds is 6. The summed E-state index contributed by atoms with van der Waals surface area (Å²) in [4.78, 5) is 30.8. The lowest BCUT2D eigenvalue weighted by atomic mass is 10.2. The third-order valence-electron chi connectivity index (χ3n) is 4.53. The first kappa shape index (κ1) is 17.9. The molecule has 4 rings (SSSR count). The van der Waals surface area contributed by atoms with E-state index in [1.807, 2.05) is 67.6 Å². The Morgan fingerprint density at radius 2 is 1.64 bits per heavy atom. The fraction of sp³-hybridized carbons (Fsp3) is 0.190. The molecule has 28 heavy (non-hydrogen) atoms. The van der Waals surface area contributed by atoms with Crippen molar-refractivity contribution in [2.75, 3.05) is 6.61 Å². The molecule has 0 bridgehead atoms. The van der Waals surface area contributed by atoms with Gasteiger partial charge in [-0.1, -0.05) is 48.5 Å². The fourth-order valence-corrected chi connectivity index (χ4v) is 3.18. The zero-order chi connectivity index (χ0) is 19.5. The molecular weight excluding hydrogens is 356 g/mol. The summed E-state index contributed by atoms with van der Waals surface area (Å²) in [6.45, 7) is 2.77. The molecule has 2 aromatic heterocycles. The molecule has 0 N–H and O–H groups in total. The van der Waals surface area contributed by atoms with Crippen LogP contribution in [-0.2, 0) is 18.0 Å². The van der Waals surface area contributed by atoms with Crippen LogP contribution in [0.4, 0.5) is 0 Å². The van der Waals surface area contributed by atoms with E-state index in [1.165, 1.54) is 15.5 Å². The summed E-state index contributed by atoms with van der Waals surface area (Å²) in [5.74, 6) is 0. The average Bonchev–Trinajstić information content (AvgIpc) is 3.15. The number of hydrogen-bond acceptors (Lipinski definition) is 4. The number of para-hydroxylation sites is 1. The summed E-state index contributed by atoms with van der Waals surface area (Å²) < 4.78 is 9.82. The normalized spacial score (nSPS) is 11.2. The Labute approximate surface area is 161 Å². The van der Waals surface area contributed by atoms with E-state index in [4.69, 9.17) is 4.74 Å². The zero-order valence-corrected chi connectivity index (χ0v) is 15.5. The molecular formula is C21H20N4O3. The van der Waals surface area contributed by atoms with Crippen molar-refractivity contribution in [2.45, 2.75) is 20.2 Å². The van der Waals surface area contributed by atoms with Gasteiger partial charge in [0.1, 0.15) is 6.73 Å². The van der Waals surface area contributed by atoms with Gasteiger partial charge in [0.25, 0.3) is 5.56 Å². The minimum absolute atomic E-state index is 0.182. The maximum atomic E-state index is 13.3. The summed E-state index contributed by atoms with van der Waals surface area (Å²) in [5.41, 5.74) is 1.39. The van der Waals surface area contributed by atoms with Gasteiger partial charge in [-0.15, -0.1) is 0 Å². The van der Waals surface area contributed by atoms with Crippen molar-refractivity contribution in [3.63, 3.8) is 0 Å². The third kappa shape index (κ3) is 3.16. The van der Waals surface area contributed by atoms with Crippen LogP contribution in [0.5, 0.6) is 0 Å². The molecule has 0 unspecified atom stereocenters. The van der Waals surface area contributed by atoms with E-state index in [2.05, 4.69) is 4.98 Å². The standard InChI is InChI=1S/C21H20N4O3/c1-2-28-15-23-14-22-19-18(23)20(26)24(13-16-9-5-3-6-10-16)21(27)25(19)17-11-7-4-8-12-17/h3-12,14H,2,13,15H2,1H3. The van der Waals surface area contributed by atoms with Gasteiger partial charge >= 0.3 is 5.69 Å². The van der Waals surface area contributed by atoms with E-state index in [0.717, 1.165) is 5.56 Å². The van der Waals surface area contributed by atoms with Gasteiger partial charge in [0.15, 0.2) is 11.2 Å². The van der Waals surface area contributed by atoms with E-state index >= 15 is 0 Å². The predicted molar refractivity (Wildman–Crippen MR) is 107 cm³/mol. The van der Waals surface area contributed by atoms with Crippen LogP contribution >= 0.6 is 0 Å². The highest BCUT2D eigenvalue weighted by Gasteiger charge is 2.19. The number of hydrogen-bond donors (Lipinski definition) is 0. The Balaban J connectivity index is 2.00. The molecule has 0 saturated carbocycles. The monoisotopic (exact) mass is 376 g/mol. The molecule has 0 saturated heterocycles. The lowest BCUT2D eigenvalue weighted by Crippen LogP contribution is -2.40. The van der Waals surface area contributed by atoms with Crippen LogP contribution in [0.15, 0.2) is 76.6 Å². The van der Waals surface area contributed by atoms with Crippen molar-refractivity contribution in [2.24, 2.45) is 0 Å². The molecule has 0 radical (unpaired) electrons. The molecule has 4 aromatic rings. The molecule has 7 heteroatoms. The number of nitrogens with zero attached hydrogens (tertiary/aromatic N) is 4. The molecule has 2 heterocycles. The Morgan fingerprint density at radius 3 is 2.32 bits per heavy atom. The van der Waals surface area contributed by atoms with Crippen molar-refractivity contribution in [1.82, 2.24) is 18.7 Å². The minimum atomic E-state index is -0.422. The predicted octanol–water partition coefficient (Wildman–Crippen LogP) is 2.39. The van der Waals surface area contributed by atoms with Gasteiger partial charge in [0.2, 0.25) is 0 Å². The van der Waals surface area contributed by atoms with Crippen molar-refractivity contribution in [3.05, 3.63) is 93.4 Å². The second kappa shape index (κ2) is 7.66. The minimum Gasteiger partial charge on any atom is -0.361 e. The van der Waals surface area contributed by atoms with E-state index in [9.17, 15) is 9.59 Å². The van der Waals surface area contributed by atoms with E-state index in [0.29, 0.717) is 23.5 Å². The molecule has 0 aliphatic rings. The van der Waals surface area contributed by atoms with Crippen LogP contribution in [0.2, 0.25) is 0 Å². The second-order valence-corrected chi connectivity index (χ2v) is 6.34. The quantitative estimate of drug-likeness (QED) is 0.518. The van der Waals surface area contributed by atoms with Crippen molar-refractivity contribution >= 4 is 11.2 Å². The second-order valence-electron chi connectivity index (χ2n) is 6.34. The van der Waals surface area contributed by atoms with Crippen LogP contribution in [0.25, 0.3) is 16.9 Å². The summed E-state index contributed by atoms with van der Waals surface area (Å²) in [6.07, 6.45) is 1.54. The van der Waals surface area contributed by atoms with Crippen molar-refractivity contribution in [1.29, 1.82) is 0 Å². The van der Waals surface area contributed by atoms with Gasteiger partial charge < -0.3 is 9.30 Å². The summed E-state index contributed by atoms with van der Waals surface area (Å²) >= 11 is 0. The van der Waals surface area contributed by atoms with Crippen LogP contribution in [0.3, 0.4) is 0 Å². The van der Waals surface area contributed by atoms with Gasteiger partial charge in [0, 0.05) is 6.61 Å². The smallest absolute Gasteiger partial charge is 0.337 e. The first-order valence-electron chi connectivity index (χ1n) is 9.08. The van der Waals surface area contributed by atoms with E-state index < -0.39 is 5.69 Å². The lowest BCUT2D eigenvalue weighted by Gasteiger charge is -2.13. The van der Waals surface area contributed by atoms with Gasteiger partial charge in [-0.25, -0.2) is 14.3 Å². The number of imidazole rings is 1. The van der Waals surface area contributed by atoms with Crippen LogP contribution in [0.1, 0.15) is 12.5 Å². The summed E-state index contributed by atoms with van der Waals surface area (Å²) in [7, 11) is 0. The van der Waals surface area contributed by atoms with E-state index in [1.54, 1.807) is 4.57 Å². The Hall–Kier alpha value is -3.45. The first-order valence-corrected chi connectivity index (χ1v) is 9.08. The van der Waals surface area contributed by atoms with Crippen LogP contribution < -0.4 is 11.2 Å². The van der Waals surface area contributed by atoms with Gasteiger partial charge in [0.05, 0.1) is 18.6 Å². The SMILES string of the molecule is CCOCn1cnc2c1c(=O)n(Cc1ccccc1)c(=O)n2-c1ccccc1. The summed E-state index contributed by atoms with van der Waals surface area (Å²) in [5, 5.41) is 0. The fourth-order valence-electron chi connectivity index (χ4n) is 3.18. The molecule has 0 atom stereocenters. The number of fused-ring (bicyclic) bond motifs is 1. The largest absolute Gasteiger partial charge is 0.361 e. The van der Waals surface area contributed by atoms with Gasteiger partial charge in [-0.05, 0) is 24.6 Å². The molecule has 0 amide bonds. The highest BCUT2D eigenvalue weighted by atomic mass is 16.5. The van der Waals surface area contributed by atoms with Crippen molar-refractivity contribution in [3.8, 4) is 5.69 Å². The molecule has 2 aromatic carbocycles. The molecule has 0 spiro atoms. The third-order valence-corrected chi connectivity index (χ3v) is 4.53. The summed E-state index contributed by atoms with van der Waals surface area (Å²) in [6, 6.07) is 18.6. The Bertz CT molecular complexity index is 1210. The van der Waals surface area contributed by atoms with Crippen molar-refractivity contribution < 1.29 is 4.74 Å². The van der Waals surface area contributed by atoms with Crippen LogP contribution in [-0.4, -0.2) is 25.3 Å². The average molecular weight is 376 g/mol. The van der Waals surface area contributed by atoms with Crippen LogP contribution in [0, 0.1) is 0 Å². The molecule has 0 aliphatic carbocycles. The first-order chi connectivity index (χ1) is 13.7. The molecule has 7 nitrogen and oxygen atoms in total. The highest BCUT2D eigenvalue weighted by Crippen LogP contribution is 2.13. The highest BCUT2D eigenvalue weighted by molar-refractivity contribution is 5.72. The maximum absolute atomic E-state index is 13.3. The number of aromatic nitrogens is 4. The maximum Gasteiger partial charge on any atom is 0.337 e. The molecule has 0 fully saturated rings. The topological polar surface area (TPSA) is 71.1 Å². The Kier molecular flexibility index (Phi) is 4.90. The van der Waals surface area contributed by atoms with Gasteiger partial charge in [-0.2, -0.15) is 0 Å². The lowest BCUT2D eigenvalue weighted by molar-refractivity contribution is 0.0903. The molecule has 142 valence electrons. The number of ether oxygens (including phenoxy) is 1. The van der Waals surface area contributed by atoms with E-state index in [-0.39, 0.29) is 18.8 Å². The number of benzene rings is 2. The Morgan fingerprint density at radius 1 is 0.964 bits per heavy atom. The molecule has 0 aliphatic heterocycles. The zero-order valence-electron chi connectivity index (χ0n) is 15.5.